The van der Waals surface area contributed by atoms with Crippen LogP contribution < -0.4 is 4.18 Å². The van der Waals surface area contributed by atoms with Crippen molar-refractivity contribution in [3.05, 3.63) is 41.7 Å². The third-order valence-corrected chi connectivity index (χ3v) is 3.58. The maximum absolute atomic E-state index is 12.4. The molecule has 0 amide bonds. The molecule has 0 aliphatic heterocycles. The second-order valence-electron chi connectivity index (χ2n) is 4.57. The predicted molar refractivity (Wildman–Crippen MR) is 72.5 cm³/mol. The Balaban J connectivity index is 2.52. The van der Waals surface area contributed by atoms with Crippen molar-refractivity contribution in [2.24, 2.45) is 0 Å². The van der Waals surface area contributed by atoms with Crippen molar-refractivity contribution in [2.45, 2.75) is 19.4 Å². The Kier molecular flexibility index (Phi) is 4.10. The van der Waals surface area contributed by atoms with Crippen LogP contribution in [0.1, 0.15) is 11.1 Å². The Hall–Kier alpha value is -2.16. The molecule has 5 nitrogen and oxygen atoms in total. The van der Waals surface area contributed by atoms with Gasteiger partial charge >= 0.3 is 15.6 Å². The molecule has 1 heterocycles. The maximum Gasteiger partial charge on any atom is 0.534 e. The molecular formula is C13H11F3N2O3S. The number of hydrogen-bond acceptors (Lipinski definition) is 5. The number of rotatable bonds is 3. The predicted octanol–water partition coefficient (Wildman–Crippen LogP) is 2.99. The van der Waals surface area contributed by atoms with E-state index in [1.807, 2.05) is 6.07 Å². The van der Waals surface area contributed by atoms with Crippen LogP contribution in [0.2, 0.25) is 0 Å². The molecule has 0 fully saturated rings. The van der Waals surface area contributed by atoms with E-state index in [4.69, 9.17) is 0 Å². The lowest BCUT2D eigenvalue weighted by molar-refractivity contribution is -0.0501. The average Bonchev–Trinajstić information content (AvgIpc) is 2.36. The van der Waals surface area contributed by atoms with Gasteiger partial charge in [0.15, 0.2) is 0 Å². The Labute approximate surface area is 124 Å². The van der Waals surface area contributed by atoms with Crippen LogP contribution in [0.3, 0.4) is 0 Å². The highest BCUT2D eigenvalue weighted by Crippen LogP contribution is 2.31. The second kappa shape index (κ2) is 5.56. The summed E-state index contributed by atoms with van der Waals surface area (Å²) in [5, 5.41) is 0. The zero-order valence-electron chi connectivity index (χ0n) is 11.5. The van der Waals surface area contributed by atoms with Crippen LogP contribution in [-0.2, 0) is 10.1 Å². The van der Waals surface area contributed by atoms with E-state index in [0.717, 1.165) is 17.3 Å². The van der Waals surface area contributed by atoms with Crippen LogP contribution in [0.15, 0.2) is 30.6 Å². The van der Waals surface area contributed by atoms with Gasteiger partial charge in [0.05, 0.1) is 0 Å². The minimum Gasteiger partial charge on any atom is -0.353 e. The third-order valence-electron chi connectivity index (χ3n) is 2.63. The number of nitrogens with zero attached hydrogens (tertiary/aromatic N) is 2. The van der Waals surface area contributed by atoms with Crippen molar-refractivity contribution < 1.29 is 25.8 Å². The first-order valence-corrected chi connectivity index (χ1v) is 7.41. The van der Waals surface area contributed by atoms with Gasteiger partial charge < -0.3 is 4.18 Å². The van der Waals surface area contributed by atoms with Crippen molar-refractivity contribution in [1.82, 2.24) is 9.97 Å². The van der Waals surface area contributed by atoms with Gasteiger partial charge in [0, 0.05) is 18.0 Å². The minimum absolute atomic E-state index is 0.0814. The lowest BCUT2D eigenvalue weighted by Gasteiger charge is -2.11. The highest BCUT2D eigenvalue weighted by atomic mass is 32.2. The molecule has 0 N–H and O–H groups in total. The lowest BCUT2D eigenvalue weighted by Crippen LogP contribution is -2.28. The van der Waals surface area contributed by atoms with Gasteiger partial charge in [-0.1, -0.05) is 17.2 Å². The first kappa shape index (κ1) is 16.2. The largest absolute Gasteiger partial charge is 0.534 e. The molecule has 1 aromatic carbocycles. The van der Waals surface area contributed by atoms with Gasteiger partial charge in [0.25, 0.3) is 5.88 Å². The fourth-order valence-corrected chi connectivity index (χ4v) is 2.27. The van der Waals surface area contributed by atoms with Crippen LogP contribution in [0.4, 0.5) is 13.2 Å². The van der Waals surface area contributed by atoms with Gasteiger partial charge in [-0.3, -0.25) is 0 Å². The molecule has 9 heteroatoms. The van der Waals surface area contributed by atoms with Crippen molar-refractivity contribution >= 4 is 10.1 Å². The highest BCUT2D eigenvalue weighted by molar-refractivity contribution is 7.88. The van der Waals surface area contributed by atoms with Crippen molar-refractivity contribution in [3.63, 3.8) is 0 Å². The first-order valence-electron chi connectivity index (χ1n) is 6.00. The van der Waals surface area contributed by atoms with E-state index in [-0.39, 0.29) is 5.69 Å². The molecule has 22 heavy (non-hydrogen) atoms. The zero-order chi connectivity index (χ0) is 16.5. The molecule has 0 atom stereocenters. The minimum atomic E-state index is -5.80. The molecule has 0 unspecified atom stereocenters. The first-order chi connectivity index (χ1) is 10.1. The summed E-state index contributed by atoms with van der Waals surface area (Å²) in [6, 6.07) is 5.14. The Morgan fingerprint density at radius 3 is 2.09 bits per heavy atom. The van der Waals surface area contributed by atoms with Gasteiger partial charge in [0.1, 0.15) is 5.69 Å². The smallest absolute Gasteiger partial charge is 0.353 e. The Morgan fingerprint density at radius 1 is 1.00 bits per heavy atom. The molecule has 0 radical (unpaired) electrons. The van der Waals surface area contributed by atoms with E-state index in [9.17, 15) is 21.6 Å². The molecule has 0 bridgehead atoms. The fourth-order valence-electron chi connectivity index (χ4n) is 1.85. The number of aromatic nitrogens is 2. The van der Waals surface area contributed by atoms with E-state index in [2.05, 4.69) is 14.2 Å². The third kappa shape index (κ3) is 3.35. The average molecular weight is 332 g/mol. The summed E-state index contributed by atoms with van der Waals surface area (Å²) >= 11 is 0. The second-order valence-corrected chi connectivity index (χ2v) is 6.11. The summed E-state index contributed by atoms with van der Waals surface area (Å²) in [6.45, 7) is 3.58. The summed E-state index contributed by atoms with van der Waals surface area (Å²) in [4.78, 5) is 7.43. The van der Waals surface area contributed by atoms with Crippen LogP contribution in [0.25, 0.3) is 11.3 Å². The number of halogens is 3. The van der Waals surface area contributed by atoms with Gasteiger partial charge in [-0.2, -0.15) is 21.6 Å². The van der Waals surface area contributed by atoms with Crippen LogP contribution in [0, 0.1) is 13.8 Å². The molecule has 0 saturated carbocycles. The molecule has 0 saturated heterocycles. The van der Waals surface area contributed by atoms with Gasteiger partial charge in [-0.05, 0) is 26.0 Å². The SMILES string of the molecule is Cc1cc(C)cc(-c2nccnc2OS(=O)(=O)C(F)(F)F)c1. The summed E-state index contributed by atoms with van der Waals surface area (Å²) in [5.41, 5.74) is -3.53. The number of alkyl halides is 3. The summed E-state index contributed by atoms with van der Waals surface area (Å²) in [5.74, 6) is -0.718. The van der Waals surface area contributed by atoms with E-state index >= 15 is 0 Å². The number of aryl methyl sites for hydroxylation is 2. The summed E-state index contributed by atoms with van der Waals surface area (Å²) < 4.78 is 63.6. The Morgan fingerprint density at radius 2 is 1.55 bits per heavy atom. The van der Waals surface area contributed by atoms with Crippen LogP contribution in [0.5, 0.6) is 5.88 Å². The van der Waals surface area contributed by atoms with Gasteiger partial charge in [-0.15, -0.1) is 0 Å². The quantitative estimate of drug-likeness (QED) is 0.638. The van der Waals surface area contributed by atoms with Gasteiger partial charge in [0.2, 0.25) is 0 Å². The highest BCUT2D eigenvalue weighted by Gasteiger charge is 2.49. The molecule has 2 aromatic rings. The molecule has 0 spiro atoms. The van der Waals surface area contributed by atoms with E-state index < -0.39 is 21.5 Å². The standard InChI is InChI=1S/C13H11F3N2O3S/c1-8-5-9(2)7-10(6-8)11-12(18-4-3-17-11)21-22(19,20)13(14,15)16/h3-7H,1-2H3. The topological polar surface area (TPSA) is 69.2 Å². The lowest BCUT2D eigenvalue weighted by atomic mass is 10.1. The Bertz CT molecular complexity index is 784. The molecule has 0 aliphatic rings. The van der Waals surface area contributed by atoms with Crippen molar-refractivity contribution in [2.75, 3.05) is 0 Å². The molecule has 1 aromatic heterocycles. The zero-order valence-corrected chi connectivity index (χ0v) is 12.4. The van der Waals surface area contributed by atoms with Crippen LogP contribution in [-0.4, -0.2) is 23.9 Å². The summed E-state index contributed by atoms with van der Waals surface area (Å²) in [7, 11) is -5.80. The van der Waals surface area contributed by atoms with E-state index in [1.165, 1.54) is 6.20 Å². The normalized spacial score (nSPS) is 12.2. The van der Waals surface area contributed by atoms with Crippen LogP contribution >= 0.6 is 0 Å². The van der Waals surface area contributed by atoms with Crippen molar-refractivity contribution in [3.8, 4) is 17.1 Å². The summed E-state index contributed by atoms with van der Waals surface area (Å²) in [6.07, 6.45) is 2.29. The molecule has 2 rings (SSSR count). The number of benzene rings is 1. The maximum atomic E-state index is 12.4. The van der Waals surface area contributed by atoms with E-state index in [1.54, 1.807) is 26.0 Å². The van der Waals surface area contributed by atoms with Gasteiger partial charge in [-0.25, -0.2) is 9.97 Å². The molecule has 0 aliphatic carbocycles. The van der Waals surface area contributed by atoms with E-state index in [0.29, 0.717) is 5.56 Å². The number of hydrogen-bond donors (Lipinski definition) is 0. The van der Waals surface area contributed by atoms with Crippen molar-refractivity contribution in [1.29, 1.82) is 0 Å². The fraction of sp³-hybridized carbons (Fsp3) is 0.231. The monoisotopic (exact) mass is 332 g/mol. The molecular weight excluding hydrogens is 321 g/mol. The molecule has 118 valence electrons.